The Labute approximate surface area is 67.4 Å². The Hall–Kier alpha value is 1.38. The Morgan fingerprint density at radius 1 is 1.86 bits per heavy atom. The zero-order chi connectivity index (χ0) is 5.70. The molecule has 46 valence electrons. The Balaban J connectivity index is 0. The molecule has 0 saturated carbocycles. The first-order valence-electron chi connectivity index (χ1n) is 1.80. The van der Waals surface area contributed by atoms with E-state index < -0.39 is 0 Å². The molecule has 1 fully saturated rings. The van der Waals surface area contributed by atoms with E-state index in [9.17, 15) is 0 Å². The highest BCUT2D eigenvalue weighted by Crippen LogP contribution is 2.04. The molecule has 0 radical (unpaired) electrons. The summed E-state index contributed by atoms with van der Waals surface area (Å²) in [5.41, 5.74) is 0. The molecule has 0 spiro atoms. The SMILES string of the molecule is II.OCC1CO1.[HH]. The first-order valence-corrected chi connectivity index (χ1v) is 8.09. The molecule has 0 aliphatic carbocycles. The Bertz CT molecular complexity index is 42.3. The number of ether oxygens (including phenoxy) is 1. The summed E-state index contributed by atoms with van der Waals surface area (Å²) < 4.78 is 4.61. The molecule has 0 aromatic carbocycles. The number of hydrogen-bond acceptors (Lipinski definition) is 2. The molecule has 2 nitrogen and oxygen atoms in total. The molecule has 0 bridgehead atoms. The summed E-state index contributed by atoms with van der Waals surface area (Å²) in [6, 6.07) is 0. The van der Waals surface area contributed by atoms with Crippen molar-refractivity contribution in [2.24, 2.45) is 0 Å². The van der Waals surface area contributed by atoms with Crippen LogP contribution in [-0.4, -0.2) is 24.4 Å². The van der Waals surface area contributed by atoms with E-state index in [1.54, 1.807) is 0 Å². The van der Waals surface area contributed by atoms with Crippen LogP contribution in [0.25, 0.3) is 0 Å². The fourth-order valence-electron chi connectivity index (χ4n) is 0.173. The predicted octanol–water partition coefficient (Wildman–Crippen LogP) is 1.39. The van der Waals surface area contributed by atoms with E-state index in [2.05, 4.69) is 42.0 Å². The molecule has 1 N–H and O–H groups in total. The Kier molecular flexibility index (Phi) is 6.60. The molecular formula is C3H8I2O2. The van der Waals surface area contributed by atoms with Gasteiger partial charge in [0.25, 0.3) is 0 Å². The molecule has 1 rings (SSSR count). The minimum absolute atomic E-state index is 0. The van der Waals surface area contributed by atoms with Crippen LogP contribution in [0.15, 0.2) is 0 Å². The van der Waals surface area contributed by atoms with Crippen LogP contribution in [-0.2, 0) is 4.74 Å². The normalized spacial score (nSPS) is 25.3. The van der Waals surface area contributed by atoms with Gasteiger partial charge < -0.3 is 9.84 Å². The van der Waals surface area contributed by atoms with Gasteiger partial charge >= 0.3 is 0 Å². The average Bonchev–Trinajstić information content (AvgIpc) is 2.52. The summed E-state index contributed by atoms with van der Waals surface area (Å²) in [5.74, 6) is 0. The van der Waals surface area contributed by atoms with E-state index in [1.165, 1.54) is 0 Å². The summed E-state index contributed by atoms with van der Waals surface area (Å²) in [5, 5.41) is 8.08. The van der Waals surface area contributed by atoms with Gasteiger partial charge in [-0.1, -0.05) is 0 Å². The summed E-state index contributed by atoms with van der Waals surface area (Å²) >= 11 is 4.24. The fraction of sp³-hybridized carbons (Fsp3) is 1.00. The van der Waals surface area contributed by atoms with Crippen molar-refractivity contribution >= 4 is 37.2 Å². The second-order valence-corrected chi connectivity index (χ2v) is 1.14. The summed E-state index contributed by atoms with van der Waals surface area (Å²) in [6.45, 7) is 0.955. The van der Waals surface area contributed by atoms with Crippen molar-refractivity contribution in [3.8, 4) is 0 Å². The molecule has 1 aliphatic rings. The standard InChI is InChI=1S/C3H6O2.I2.H2/c4-1-3-2-5-3;1-2;/h3-4H,1-2H2;;1H. The summed E-state index contributed by atoms with van der Waals surface area (Å²) in [7, 11) is 0. The zero-order valence-corrected chi connectivity index (χ0v) is 7.92. The second kappa shape index (κ2) is 5.52. The third-order valence-corrected chi connectivity index (χ3v) is 0.606. The van der Waals surface area contributed by atoms with Crippen LogP contribution in [0.5, 0.6) is 0 Å². The topological polar surface area (TPSA) is 32.8 Å². The third-order valence-electron chi connectivity index (χ3n) is 0.606. The van der Waals surface area contributed by atoms with Crippen molar-refractivity contribution in [3.63, 3.8) is 0 Å². The Morgan fingerprint density at radius 3 is 2.29 bits per heavy atom. The minimum Gasteiger partial charge on any atom is -0.394 e. The maximum absolute atomic E-state index is 8.08. The van der Waals surface area contributed by atoms with Gasteiger partial charge in [-0.2, -0.15) is 0 Å². The molecule has 1 saturated heterocycles. The molecule has 1 heterocycles. The maximum atomic E-state index is 8.08. The number of epoxide rings is 1. The van der Waals surface area contributed by atoms with Gasteiger partial charge in [0.05, 0.1) is 13.2 Å². The van der Waals surface area contributed by atoms with Gasteiger partial charge in [0.15, 0.2) is 0 Å². The van der Waals surface area contributed by atoms with Crippen LogP contribution in [0.4, 0.5) is 0 Å². The van der Waals surface area contributed by atoms with Gasteiger partial charge in [0, 0.05) is 38.7 Å². The van der Waals surface area contributed by atoms with Gasteiger partial charge in [-0.25, -0.2) is 0 Å². The Morgan fingerprint density at radius 2 is 2.29 bits per heavy atom. The van der Waals surface area contributed by atoms with Crippen LogP contribution in [0.1, 0.15) is 1.43 Å². The van der Waals surface area contributed by atoms with Crippen molar-refractivity contribution in [2.75, 3.05) is 13.2 Å². The predicted molar refractivity (Wildman–Crippen MR) is 47.0 cm³/mol. The molecule has 1 aliphatic heterocycles. The van der Waals surface area contributed by atoms with Crippen LogP contribution >= 0.6 is 37.2 Å². The second-order valence-electron chi connectivity index (χ2n) is 1.14. The van der Waals surface area contributed by atoms with Crippen molar-refractivity contribution in [1.82, 2.24) is 0 Å². The van der Waals surface area contributed by atoms with Crippen LogP contribution in [0.2, 0.25) is 0 Å². The minimum atomic E-state index is 0. The zero-order valence-electron chi connectivity index (χ0n) is 3.60. The highest BCUT2D eigenvalue weighted by molar-refractivity contribution is 15.0. The lowest BCUT2D eigenvalue weighted by Crippen LogP contribution is -1.88. The lowest BCUT2D eigenvalue weighted by molar-refractivity contribution is 0.244. The number of aliphatic hydroxyl groups is 1. The number of halogens is 2. The highest BCUT2D eigenvalue weighted by atomic mass is 128. The fourth-order valence-corrected chi connectivity index (χ4v) is 0.173. The summed E-state index contributed by atoms with van der Waals surface area (Å²) in [6.07, 6.45) is 0.190. The van der Waals surface area contributed by atoms with Crippen LogP contribution < -0.4 is 0 Å². The lowest BCUT2D eigenvalue weighted by Gasteiger charge is -1.70. The molecule has 4 heteroatoms. The van der Waals surface area contributed by atoms with E-state index in [0.29, 0.717) is 0 Å². The molecule has 1 atom stereocenters. The molecular weight excluding hydrogens is 322 g/mol. The average molecular weight is 330 g/mol. The molecule has 0 amide bonds. The number of hydrogen-bond donors (Lipinski definition) is 1. The molecule has 7 heavy (non-hydrogen) atoms. The molecule has 0 aromatic heterocycles. The van der Waals surface area contributed by atoms with Crippen LogP contribution in [0, 0.1) is 0 Å². The van der Waals surface area contributed by atoms with E-state index in [-0.39, 0.29) is 14.1 Å². The maximum Gasteiger partial charge on any atom is 0.104 e. The van der Waals surface area contributed by atoms with Gasteiger partial charge in [0.1, 0.15) is 6.10 Å². The van der Waals surface area contributed by atoms with Crippen molar-refractivity contribution in [1.29, 1.82) is 0 Å². The number of aliphatic hydroxyl groups excluding tert-OH is 1. The monoisotopic (exact) mass is 330 g/mol. The van der Waals surface area contributed by atoms with Gasteiger partial charge in [-0.3, -0.25) is 0 Å². The van der Waals surface area contributed by atoms with Crippen molar-refractivity contribution in [3.05, 3.63) is 0 Å². The first-order chi connectivity index (χ1) is 3.43. The summed E-state index contributed by atoms with van der Waals surface area (Å²) in [4.78, 5) is 0. The van der Waals surface area contributed by atoms with Crippen LogP contribution in [0.3, 0.4) is 0 Å². The highest BCUT2D eigenvalue weighted by Gasteiger charge is 2.19. The largest absolute Gasteiger partial charge is 0.394 e. The first kappa shape index (κ1) is 8.38. The van der Waals surface area contributed by atoms with E-state index in [0.717, 1.165) is 6.61 Å². The number of rotatable bonds is 1. The van der Waals surface area contributed by atoms with E-state index in [4.69, 9.17) is 5.11 Å². The van der Waals surface area contributed by atoms with Gasteiger partial charge in [-0.15, -0.1) is 0 Å². The van der Waals surface area contributed by atoms with E-state index >= 15 is 0 Å². The van der Waals surface area contributed by atoms with Gasteiger partial charge in [0.2, 0.25) is 0 Å². The van der Waals surface area contributed by atoms with E-state index in [1.807, 2.05) is 0 Å². The van der Waals surface area contributed by atoms with Crippen molar-refractivity contribution in [2.45, 2.75) is 6.10 Å². The smallest absolute Gasteiger partial charge is 0.104 e. The molecule has 0 aromatic rings. The van der Waals surface area contributed by atoms with Gasteiger partial charge in [-0.05, 0) is 0 Å². The third kappa shape index (κ3) is 5.25. The van der Waals surface area contributed by atoms with Crippen molar-refractivity contribution < 1.29 is 11.3 Å². The quantitative estimate of drug-likeness (QED) is 0.582. The molecule has 1 unspecified atom stereocenters. The lowest BCUT2D eigenvalue weighted by atomic mass is 10.5.